The van der Waals surface area contributed by atoms with E-state index in [0.717, 1.165) is 6.54 Å². The van der Waals surface area contributed by atoms with E-state index in [4.69, 9.17) is 9.47 Å². The summed E-state index contributed by atoms with van der Waals surface area (Å²) in [4.78, 5) is 2.62. The average Bonchev–Trinajstić information content (AvgIpc) is 2.97. The van der Waals surface area contributed by atoms with Crippen molar-refractivity contribution >= 4 is 11.3 Å². The number of thiophene rings is 1. The van der Waals surface area contributed by atoms with Crippen molar-refractivity contribution in [1.82, 2.24) is 5.32 Å². The molecule has 1 aromatic carbocycles. The smallest absolute Gasteiger partial charge is 0.169 e. The number of rotatable bonds is 9. The van der Waals surface area contributed by atoms with Crippen LogP contribution in [0.25, 0.3) is 10.4 Å². The van der Waals surface area contributed by atoms with Crippen molar-refractivity contribution in [3.63, 3.8) is 0 Å². The van der Waals surface area contributed by atoms with Crippen LogP contribution in [0, 0.1) is 0 Å². The van der Waals surface area contributed by atoms with Gasteiger partial charge in [-0.2, -0.15) is 0 Å². The molecule has 0 radical (unpaired) electrons. The van der Waals surface area contributed by atoms with E-state index >= 15 is 0 Å². The van der Waals surface area contributed by atoms with Gasteiger partial charge in [-0.05, 0) is 31.5 Å². The molecule has 1 aromatic heterocycles. The van der Waals surface area contributed by atoms with E-state index in [0.29, 0.717) is 19.8 Å². The third-order valence-corrected chi connectivity index (χ3v) is 4.17. The quantitative estimate of drug-likeness (QED) is 0.713. The second kappa shape index (κ2) is 8.95. The summed E-state index contributed by atoms with van der Waals surface area (Å²) in [5, 5.41) is 3.40. The third kappa shape index (κ3) is 5.25. The number of nitrogens with one attached hydrogen (secondary N) is 1. The molecule has 0 amide bonds. The Labute approximate surface area is 130 Å². The second-order valence-electron chi connectivity index (χ2n) is 4.60. The monoisotopic (exact) mass is 305 g/mol. The molecule has 0 atom stereocenters. The van der Waals surface area contributed by atoms with Crippen LogP contribution in [0.2, 0.25) is 0 Å². The molecule has 0 saturated carbocycles. The van der Waals surface area contributed by atoms with E-state index < -0.39 is 0 Å². The Morgan fingerprint density at radius 1 is 1.00 bits per heavy atom. The highest BCUT2D eigenvalue weighted by Gasteiger charge is 2.08. The van der Waals surface area contributed by atoms with E-state index in [1.807, 2.05) is 31.3 Å². The van der Waals surface area contributed by atoms with Crippen LogP contribution in [0.4, 0.5) is 0 Å². The van der Waals surface area contributed by atoms with Crippen LogP contribution < -0.4 is 5.32 Å². The van der Waals surface area contributed by atoms with E-state index in [1.54, 1.807) is 0 Å². The molecule has 0 aliphatic rings. The average molecular weight is 305 g/mol. The first kappa shape index (κ1) is 16.2. The molecule has 0 spiro atoms. The summed E-state index contributed by atoms with van der Waals surface area (Å²) >= 11 is 1.82. The molecule has 0 aliphatic heterocycles. The van der Waals surface area contributed by atoms with Crippen LogP contribution in [-0.2, 0) is 16.0 Å². The van der Waals surface area contributed by atoms with Crippen LogP contribution in [-0.4, -0.2) is 26.0 Å². The highest BCUT2D eigenvalue weighted by Crippen LogP contribution is 2.27. The summed E-state index contributed by atoms with van der Waals surface area (Å²) in [6.45, 7) is 6.86. The van der Waals surface area contributed by atoms with Crippen molar-refractivity contribution < 1.29 is 9.47 Å². The molecular weight excluding hydrogens is 282 g/mol. The predicted molar refractivity (Wildman–Crippen MR) is 88.5 cm³/mol. The topological polar surface area (TPSA) is 30.5 Å². The normalized spacial score (nSPS) is 11.2. The summed E-state index contributed by atoms with van der Waals surface area (Å²) in [6.07, 6.45) is -0.159. The number of benzene rings is 1. The van der Waals surface area contributed by atoms with Crippen LogP contribution in [0.3, 0.4) is 0 Å². The minimum atomic E-state index is -0.159. The summed E-state index contributed by atoms with van der Waals surface area (Å²) in [5.41, 5.74) is 1.27. The Hall–Kier alpha value is -1.20. The minimum Gasteiger partial charge on any atom is -0.352 e. The molecule has 1 N–H and O–H groups in total. The molecule has 0 unspecified atom stereocenters. The van der Waals surface area contributed by atoms with Gasteiger partial charge in [-0.1, -0.05) is 30.3 Å². The third-order valence-electron chi connectivity index (χ3n) is 3.04. The Morgan fingerprint density at radius 2 is 1.71 bits per heavy atom. The maximum atomic E-state index is 5.51. The maximum absolute atomic E-state index is 5.51. The molecule has 0 aliphatic carbocycles. The van der Waals surface area contributed by atoms with Gasteiger partial charge >= 0.3 is 0 Å². The maximum Gasteiger partial charge on any atom is 0.169 e. The van der Waals surface area contributed by atoms with E-state index in [-0.39, 0.29) is 6.29 Å². The second-order valence-corrected chi connectivity index (χ2v) is 5.77. The van der Waals surface area contributed by atoms with Gasteiger partial charge in [0.05, 0.1) is 0 Å². The molecule has 4 heteroatoms. The van der Waals surface area contributed by atoms with Crippen molar-refractivity contribution in [2.75, 3.05) is 19.8 Å². The largest absolute Gasteiger partial charge is 0.352 e. The molecule has 1 heterocycles. The lowest BCUT2D eigenvalue weighted by atomic mass is 10.2. The summed E-state index contributed by atoms with van der Waals surface area (Å²) < 4.78 is 11.0. The van der Waals surface area contributed by atoms with Crippen molar-refractivity contribution in [2.24, 2.45) is 0 Å². The van der Waals surface area contributed by atoms with Gasteiger partial charge in [-0.15, -0.1) is 11.3 Å². The van der Waals surface area contributed by atoms with Crippen LogP contribution in [0.5, 0.6) is 0 Å². The van der Waals surface area contributed by atoms with E-state index in [9.17, 15) is 0 Å². The molecule has 3 nitrogen and oxygen atoms in total. The highest BCUT2D eigenvalue weighted by molar-refractivity contribution is 7.15. The first-order valence-electron chi connectivity index (χ1n) is 7.41. The molecule has 2 rings (SSSR count). The Bertz CT molecular complexity index is 507. The zero-order valence-corrected chi connectivity index (χ0v) is 13.5. The van der Waals surface area contributed by atoms with Crippen LogP contribution in [0.15, 0.2) is 42.5 Å². The van der Waals surface area contributed by atoms with Crippen LogP contribution >= 0.6 is 11.3 Å². The minimum absolute atomic E-state index is 0.159. The molecule has 2 aromatic rings. The zero-order chi connectivity index (χ0) is 14.9. The van der Waals surface area contributed by atoms with Gasteiger partial charge in [0.2, 0.25) is 0 Å². The fourth-order valence-corrected chi connectivity index (χ4v) is 3.06. The van der Waals surface area contributed by atoms with Gasteiger partial charge in [0.1, 0.15) is 0 Å². The van der Waals surface area contributed by atoms with Gasteiger partial charge in [0.15, 0.2) is 6.29 Å². The Kier molecular flexibility index (Phi) is 6.89. The molecule has 0 saturated heterocycles. The summed E-state index contributed by atoms with van der Waals surface area (Å²) in [5.74, 6) is 0. The van der Waals surface area contributed by atoms with Gasteiger partial charge in [0, 0.05) is 36.1 Å². The van der Waals surface area contributed by atoms with Gasteiger partial charge in [-0.3, -0.25) is 0 Å². The first-order valence-corrected chi connectivity index (χ1v) is 8.23. The lowest BCUT2D eigenvalue weighted by molar-refractivity contribution is -0.133. The van der Waals surface area contributed by atoms with Gasteiger partial charge in [-0.25, -0.2) is 0 Å². The molecule has 114 valence electrons. The summed E-state index contributed by atoms with van der Waals surface area (Å²) in [7, 11) is 0. The Morgan fingerprint density at radius 3 is 2.38 bits per heavy atom. The molecule has 0 fully saturated rings. The predicted octanol–water partition coefficient (Wildman–Crippen LogP) is 3.90. The molecule has 21 heavy (non-hydrogen) atoms. The lowest BCUT2D eigenvalue weighted by Gasteiger charge is -2.17. The molecule has 0 bridgehead atoms. The fraction of sp³-hybridized carbons (Fsp3) is 0.412. The Balaban J connectivity index is 1.83. The lowest BCUT2D eigenvalue weighted by Crippen LogP contribution is -2.31. The first-order chi connectivity index (χ1) is 10.3. The standard InChI is InChI=1S/C17H23NO2S/c1-3-19-17(20-4-2)13-18-12-15-10-11-16(21-15)14-8-6-5-7-9-14/h5-11,17-18H,3-4,12-13H2,1-2H3. The highest BCUT2D eigenvalue weighted by atomic mass is 32.1. The van der Waals surface area contributed by atoms with Gasteiger partial charge < -0.3 is 14.8 Å². The van der Waals surface area contributed by atoms with Crippen molar-refractivity contribution in [3.05, 3.63) is 47.3 Å². The van der Waals surface area contributed by atoms with E-state index in [1.165, 1.54) is 15.3 Å². The number of ether oxygens (including phenoxy) is 2. The fourth-order valence-electron chi connectivity index (χ4n) is 2.08. The van der Waals surface area contributed by atoms with Crippen LogP contribution in [0.1, 0.15) is 18.7 Å². The van der Waals surface area contributed by atoms with E-state index in [2.05, 4.69) is 41.7 Å². The van der Waals surface area contributed by atoms with Crippen molar-refractivity contribution in [3.8, 4) is 10.4 Å². The number of hydrogen-bond acceptors (Lipinski definition) is 4. The van der Waals surface area contributed by atoms with Crippen molar-refractivity contribution in [2.45, 2.75) is 26.7 Å². The van der Waals surface area contributed by atoms with Gasteiger partial charge in [0.25, 0.3) is 0 Å². The SMILES string of the molecule is CCOC(CNCc1ccc(-c2ccccc2)s1)OCC. The summed E-state index contributed by atoms with van der Waals surface area (Å²) in [6, 6.07) is 14.8. The zero-order valence-electron chi connectivity index (χ0n) is 12.7. The number of hydrogen-bond donors (Lipinski definition) is 1. The molecular formula is C17H23NO2S. The van der Waals surface area contributed by atoms with Crippen molar-refractivity contribution in [1.29, 1.82) is 0 Å².